The highest BCUT2D eigenvalue weighted by atomic mass is 16.4. The van der Waals surface area contributed by atoms with Gasteiger partial charge in [-0.3, -0.25) is 0 Å². The third-order valence-corrected chi connectivity index (χ3v) is 3.00. The molecule has 0 aromatic heterocycles. The van der Waals surface area contributed by atoms with Gasteiger partial charge in [0.05, 0.1) is 5.57 Å². The Hall–Kier alpha value is -2.29. The van der Waals surface area contributed by atoms with Crippen LogP contribution in [-0.2, 0) is 4.79 Å². The van der Waals surface area contributed by atoms with E-state index in [-0.39, 0.29) is 0 Å². The number of rotatable bonds is 1. The SMILES string of the molecule is O=C(O)C1=CN2C=C3C=CC=CC3C=C2C=C1. The fraction of sp³-hybridized carbons (Fsp3) is 0.0714. The molecule has 0 aromatic carbocycles. The maximum absolute atomic E-state index is 10.9. The monoisotopic (exact) mass is 225 g/mol. The van der Waals surface area contributed by atoms with Crippen LogP contribution in [0, 0.1) is 5.92 Å². The maximum Gasteiger partial charge on any atom is 0.337 e. The van der Waals surface area contributed by atoms with Crippen LogP contribution in [-0.4, -0.2) is 16.0 Å². The molecule has 2 aliphatic heterocycles. The van der Waals surface area contributed by atoms with Gasteiger partial charge in [-0.15, -0.1) is 0 Å². The van der Waals surface area contributed by atoms with E-state index >= 15 is 0 Å². The highest BCUT2D eigenvalue weighted by Crippen LogP contribution is 2.31. The number of nitrogens with zero attached hydrogens (tertiary/aromatic N) is 1. The molecule has 2 heterocycles. The first-order valence-electron chi connectivity index (χ1n) is 5.44. The Kier molecular flexibility index (Phi) is 2.11. The van der Waals surface area contributed by atoms with E-state index in [2.05, 4.69) is 12.2 Å². The molecule has 1 aliphatic carbocycles. The molecule has 1 unspecified atom stereocenters. The van der Waals surface area contributed by atoms with Crippen molar-refractivity contribution in [2.75, 3.05) is 0 Å². The third kappa shape index (κ3) is 1.65. The number of hydrogen-bond acceptors (Lipinski definition) is 2. The molecule has 0 saturated carbocycles. The summed E-state index contributed by atoms with van der Waals surface area (Å²) < 4.78 is 0. The first kappa shape index (κ1) is 9.90. The lowest BCUT2D eigenvalue weighted by atomic mass is 9.91. The van der Waals surface area contributed by atoms with E-state index in [1.807, 2.05) is 35.4 Å². The molecule has 0 radical (unpaired) electrons. The quantitative estimate of drug-likeness (QED) is 0.744. The molecule has 17 heavy (non-hydrogen) atoms. The van der Waals surface area contributed by atoms with Gasteiger partial charge in [0, 0.05) is 24.0 Å². The van der Waals surface area contributed by atoms with Gasteiger partial charge in [0.15, 0.2) is 0 Å². The highest BCUT2D eigenvalue weighted by Gasteiger charge is 2.21. The lowest BCUT2D eigenvalue weighted by Gasteiger charge is -2.29. The molecule has 0 saturated heterocycles. The van der Waals surface area contributed by atoms with Crippen LogP contribution >= 0.6 is 0 Å². The molecule has 0 fully saturated rings. The molecule has 3 rings (SSSR count). The van der Waals surface area contributed by atoms with Gasteiger partial charge in [0.25, 0.3) is 0 Å². The molecular formula is C14H11NO2. The fourth-order valence-corrected chi connectivity index (χ4v) is 2.11. The Morgan fingerprint density at radius 1 is 1.18 bits per heavy atom. The zero-order valence-corrected chi connectivity index (χ0v) is 9.08. The summed E-state index contributed by atoms with van der Waals surface area (Å²) in [6.07, 6.45) is 17.4. The molecule has 3 aliphatic rings. The Bertz CT molecular complexity index is 559. The molecule has 0 aromatic rings. The number of hydrogen-bond donors (Lipinski definition) is 1. The summed E-state index contributed by atoms with van der Waals surface area (Å²) >= 11 is 0. The van der Waals surface area contributed by atoms with Gasteiger partial charge in [0.1, 0.15) is 0 Å². The van der Waals surface area contributed by atoms with Crippen molar-refractivity contribution in [3.63, 3.8) is 0 Å². The minimum atomic E-state index is -0.903. The Morgan fingerprint density at radius 2 is 2.06 bits per heavy atom. The van der Waals surface area contributed by atoms with Crippen LogP contribution in [0.25, 0.3) is 0 Å². The van der Waals surface area contributed by atoms with Crippen LogP contribution in [0.4, 0.5) is 0 Å². The Labute approximate surface area is 99.0 Å². The van der Waals surface area contributed by atoms with Gasteiger partial charge in [-0.1, -0.05) is 24.3 Å². The zero-order chi connectivity index (χ0) is 11.8. The standard InChI is InChI=1S/C14H11NO2/c16-14(17)12-5-6-13-7-10-3-1-2-4-11(10)8-15(13)9-12/h1-10H,(H,16,17). The van der Waals surface area contributed by atoms with Crippen LogP contribution in [0.5, 0.6) is 0 Å². The van der Waals surface area contributed by atoms with Crippen LogP contribution in [0.3, 0.4) is 0 Å². The van der Waals surface area contributed by atoms with Crippen molar-refractivity contribution in [2.45, 2.75) is 0 Å². The van der Waals surface area contributed by atoms with Gasteiger partial charge >= 0.3 is 5.97 Å². The second-order valence-corrected chi connectivity index (χ2v) is 4.12. The molecule has 3 heteroatoms. The summed E-state index contributed by atoms with van der Waals surface area (Å²) in [5.74, 6) is -0.601. The first-order chi connectivity index (χ1) is 8.24. The van der Waals surface area contributed by atoms with Crippen LogP contribution < -0.4 is 0 Å². The molecule has 0 bridgehead atoms. The van der Waals surface area contributed by atoms with E-state index in [9.17, 15) is 4.79 Å². The highest BCUT2D eigenvalue weighted by molar-refractivity contribution is 5.90. The van der Waals surface area contributed by atoms with Gasteiger partial charge in [0.2, 0.25) is 0 Å². The molecule has 84 valence electrons. The van der Waals surface area contributed by atoms with E-state index in [1.165, 1.54) is 5.57 Å². The molecule has 3 nitrogen and oxygen atoms in total. The van der Waals surface area contributed by atoms with Crippen molar-refractivity contribution in [3.8, 4) is 0 Å². The minimum Gasteiger partial charge on any atom is -0.478 e. The van der Waals surface area contributed by atoms with Gasteiger partial charge in [-0.05, 0) is 23.8 Å². The third-order valence-electron chi connectivity index (χ3n) is 3.00. The predicted molar refractivity (Wildman–Crippen MR) is 64.6 cm³/mol. The second-order valence-electron chi connectivity index (χ2n) is 4.12. The smallest absolute Gasteiger partial charge is 0.337 e. The number of carbonyl (C=O) groups is 1. The van der Waals surface area contributed by atoms with Crippen molar-refractivity contribution in [3.05, 3.63) is 71.8 Å². The fourth-order valence-electron chi connectivity index (χ4n) is 2.11. The minimum absolute atomic E-state index is 0.299. The van der Waals surface area contributed by atoms with E-state index < -0.39 is 5.97 Å². The van der Waals surface area contributed by atoms with Crippen LogP contribution in [0.1, 0.15) is 0 Å². The summed E-state index contributed by atoms with van der Waals surface area (Å²) in [5.41, 5.74) is 2.49. The van der Waals surface area contributed by atoms with Gasteiger partial charge in [-0.25, -0.2) is 4.79 Å². The largest absolute Gasteiger partial charge is 0.478 e. The Morgan fingerprint density at radius 3 is 2.88 bits per heavy atom. The van der Waals surface area contributed by atoms with Crippen molar-refractivity contribution < 1.29 is 9.90 Å². The molecule has 1 N–H and O–H groups in total. The van der Waals surface area contributed by atoms with E-state index in [1.54, 1.807) is 12.3 Å². The van der Waals surface area contributed by atoms with Gasteiger partial charge < -0.3 is 10.0 Å². The number of carboxylic acids is 1. The Balaban J connectivity index is 1.99. The molecule has 1 atom stereocenters. The summed E-state index contributed by atoms with van der Waals surface area (Å²) in [6.45, 7) is 0. The van der Waals surface area contributed by atoms with Gasteiger partial charge in [-0.2, -0.15) is 0 Å². The maximum atomic E-state index is 10.9. The van der Waals surface area contributed by atoms with E-state index in [0.717, 1.165) is 5.70 Å². The summed E-state index contributed by atoms with van der Waals surface area (Å²) in [6, 6.07) is 0. The summed E-state index contributed by atoms with van der Waals surface area (Å²) in [7, 11) is 0. The number of carboxylic acid groups (broad SMARTS) is 1. The predicted octanol–water partition coefficient (Wildman–Crippen LogP) is 2.35. The van der Waals surface area contributed by atoms with Crippen molar-refractivity contribution >= 4 is 5.97 Å². The lowest BCUT2D eigenvalue weighted by Crippen LogP contribution is -2.21. The van der Waals surface area contributed by atoms with E-state index in [4.69, 9.17) is 5.11 Å². The summed E-state index contributed by atoms with van der Waals surface area (Å²) in [4.78, 5) is 12.8. The van der Waals surface area contributed by atoms with Crippen molar-refractivity contribution in [1.82, 2.24) is 4.90 Å². The first-order valence-corrected chi connectivity index (χ1v) is 5.44. The van der Waals surface area contributed by atoms with Crippen molar-refractivity contribution in [2.24, 2.45) is 5.92 Å². The molecule has 0 spiro atoms. The van der Waals surface area contributed by atoms with Crippen LogP contribution in [0.2, 0.25) is 0 Å². The number of fused-ring (bicyclic) bond motifs is 2. The average molecular weight is 225 g/mol. The summed E-state index contributed by atoms with van der Waals surface area (Å²) in [5, 5.41) is 8.95. The normalized spacial score (nSPS) is 24.6. The van der Waals surface area contributed by atoms with Crippen LogP contribution in [0.15, 0.2) is 71.8 Å². The average Bonchev–Trinajstić information content (AvgIpc) is 2.35. The zero-order valence-electron chi connectivity index (χ0n) is 9.08. The second kappa shape index (κ2) is 3.63. The number of aliphatic carboxylic acids is 1. The lowest BCUT2D eigenvalue weighted by molar-refractivity contribution is -0.132. The topological polar surface area (TPSA) is 40.5 Å². The number of allylic oxidation sites excluding steroid dienone is 7. The molecule has 0 amide bonds. The van der Waals surface area contributed by atoms with E-state index in [0.29, 0.717) is 11.5 Å². The van der Waals surface area contributed by atoms with Crippen molar-refractivity contribution in [1.29, 1.82) is 0 Å². The molecular weight excluding hydrogens is 214 g/mol.